The molecule has 2 unspecified atom stereocenters. The Balaban J connectivity index is 2.08. The van der Waals surface area contributed by atoms with Gasteiger partial charge in [-0.15, -0.1) is 0 Å². The summed E-state index contributed by atoms with van der Waals surface area (Å²) in [6, 6.07) is 12.0. The summed E-state index contributed by atoms with van der Waals surface area (Å²) in [5.41, 5.74) is 1.32. The quantitative estimate of drug-likeness (QED) is 0.775. The van der Waals surface area contributed by atoms with Gasteiger partial charge in [0.1, 0.15) is 5.82 Å². The minimum atomic E-state index is -0.902. The molecule has 2 aromatic rings. The van der Waals surface area contributed by atoms with Crippen LogP contribution in [0.2, 0.25) is 0 Å². The summed E-state index contributed by atoms with van der Waals surface area (Å²) in [7, 11) is 3.19. The van der Waals surface area contributed by atoms with E-state index in [1.807, 2.05) is 25.1 Å². The second-order valence-electron chi connectivity index (χ2n) is 5.52. The third-order valence-corrected chi connectivity index (χ3v) is 4.04. The number of aliphatic hydroxyl groups excluding tert-OH is 1. The Labute approximate surface area is 142 Å². The average Bonchev–Trinajstić information content (AvgIpc) is 2.62. The minimum absolute atomic E-state index is 0.0197. The van der Waals surface area contributed by atoms with Crippen molar-refractivity contribution in [2.45, 2.75) is 25.5 Å². The molecule has 130 valence electrons. The summed E-state index contributed by atoms with van der Waals surface area (Å²) in [5, 5.41) is 13.5. The molecule has 2 atom stereocenters. The van der Waals surface area contributed by atoms with E-state index < -0.39 is 11.9 Å². The molecule has 24 heavy (non-hydrogen) atoms. The predicted octanol–water partition coefficient (Wildman–Crippen LogP) is 3.62. The summed E-state index contributed by atoms with van der Waals surface area (Å²) >= 11 is 0. The van der Waals surface area contributed by atoms with Crippen LogP contribution in [-0.4, -0.2) is 25.9 Å². The molecule has 0 heterocycles. The lowest BCUT2D eigenvalue weighted by atomic mass is 10.0. The molecule has 0 amide bonds. The van der Waals surface area contributed by atoms with Crippen molar-refractivity contribution in [1.82, 2.24) is 5.32 Å². The van der Waals surface area contributed by atoms with E-state index in [1.54, 1.807) is 32.4 Å². The first kappa shape index (κ1) is 18.2. The smallest absolute Gasteiger partial charge is 0.161 e. The van der Waals surface area contributed by atoms with E-state index in [0.29, 0.717) is 17.1 Å². The fourth-order valence-corrected chi connectivity index (χ4v) is 2.68. The Morgan fingerprint density at radius 2 is 1.79 bits per heavy atom. The Bertz CT molecular complexity index is 663. The molecule has 5 heteroatoms. The maximum absolute atomic E-state index is 13.7. The molecule has 0 fully saturated rings. The van der Waals surface area contributed by atoms with Crippen LogP contribution in [-0.2, 0) is 0 Å². The van der Waals surface area contributed by atoms with Crippen molar-refractivity contribution in [2.24, 2.45) is 0 Å². The van der Waals surface area contributed by atoms with Gasteiger partial charge >= 0.3 is 0 Å². The van der Waals surface area contributed by atoms with Gasteiger partial charge < -0.3 is 19.9 Å². The number of ether oxygens (including phenoxy) is 2. The fraction of sp³-hybridized carbons (Fsp3) is 0.368. The highest BCUT2D eigenvalue weighted by atomic mass is 19.1. The number of aliphatic hydroxyl groups is 1. The number of hydrogen-bond acceptors (Lipinski definition) is 4. The van der Waals surface area contributed by atoms with Crippen LogP contribution in [0.3, 0.4) is 0 Å². The van der Waals surface area contributed by atoms with Crippen LogP contribution in [0.15, 0.2) is 42.5 Å². The Kier molecular flexibility index (Phi) is 6.58. The second kappa shape index (κ2) is 8.66. The predicted molar refractivity (Wildman–Crippen MR) is 91.9 cm³/mol. The SMILES string of the molecule is CCC(NCC(O)c1ccccc1F)c1ccc(OC)c(OC)c1. The maximum atomic E-state index is 13.7. The molecule has 4 nitrogen and oxygen atoms in total. The van der Waals surface area contributed by atoms with Crippen LogP contribution in [0.5, 0.6) is 11.5 Å². The van der Waals surface area contributed by atoms with Crippen LogP contribution >= 0.6 is 0 Å². The first-order chi connectivity index (χ1) is 11.6. The standard InChI is InChI=1S/C19H24FNO3/c1-4-16(13-9-10-18(23-2)19(11-13)24-3)21-12-17(22)14-7-5-6-8-15(14)20/h5-11,16-17,21-22H,4,12H2,1-3H3. The average molecular weight is 333 g/mol. The molecule has 0 aliphatic heterocycles. The number of halogens is 1. The van der Waals surface area contributed by atoms with Gasteiger partial charge in [-0.1, -0.05) is 31.2 Å². The third-order valence-electron chi connectivity index (χ3n) is 4.04. The van der Waals surface area contributed by atoms with Crippen molar-refractivity contribution in [3.8, 4) is 11.5 Å². The maximum Gasteiger partial charge on any atom is 0.161 e. The van der Waals surface area contributed by atoms with Gasteiger partial charge in [-0.05, 0) is 30.2 Å². The molecule has 2 aromatic carbocycles. The van der Waals surface area contributed by atoms with Crippen molar-refractivity contribution < 1.29 is 19.0 Å². The highest BCUT2D eigenvalue weighted by molar-refractivity contribution is 5.43. The molecule has 2 N–H and O–H groups in total. The van der Waals surface area contributed by atoms with Crippen LogP contribution < -0.4 is 14.8 Å². The third kappa shape index (κ3) is 4.24. The summed E-state index contributed by atoms with van der Waals surface area (Å²) in [4.78, 5) is 0. The van der Waals surface area contributed by atoms with Crippen molar-refractivity contribution >= 4 is 0 Å². The monoisotopic (exact) mass is 333 g/mol. The molecule has 0 aliphatic carbocycles. The molecule has 0 saturated carbocycles. The number of hydrogen-bond donors (Lipinski definition) is 2. The Hall–Kier alpha value is -2.11. The molecule has 0 saturated heterocycles. The normalized spacial score (nSPS) is 13.4. The number of rotatable bonds is 8. The lowest BCUT2D eigenvalue weighted by Gasteiger charge is -2.21. The van der Waals surface area contributed by atoms with Gasteiger partial charge in [0.15, 0.2) is 11.5 Å². The molecule has 0 aliphatic rings. The van der Waals surface area contributed by atoms with Gasteiger partial charge in [-0.3, -0.25) is 0 Å². The van der Waals surface area contributed by atoms with Gasteiger partial charge in [0, 0.05) is 18.2 Å². The second-order valence-corrected chi connectivity index (χ2v) is 5.52. The molecule has 0 spiro atoms. The fourth-order valence-electron chi connectivity index (χ4n) is 2.68. The zero-order chi connectivity index (χ0) is 17.5. The van der Waals surface area contributed by atoms with Gasteiger partial charge in [-0.2, -0.15) is 0 Å². The van der Waals surface area contributed by atoms with E-state index in [4.69, 9.17) is 9.47 Å². The van der Waals surface area contributed by atoms with Crippen LogP contribution in [0.4, 0.5) is 4.39 Å². The van der Waals surface area contributed by atoms with Gasteiger partial charge in [-0.25, -0.2) is 4.39 Å². The first-order valence-electron chi connectivity index (χ1n) is 7.98. The molecule has 0 aromatic heterocycles. The largest absolute Gasteiger partial charge is 0.493 e. The Morgan fingerprint density at radius 3 is 2.42 bits per heavy atom. The zero-order valence-corrected chi connectivity index (χ0v) is 14.3. The lowest BCUT2D eigenvalue weighted by Crippen LogP contribution is -2.26. The van der Waals surface area contributed by atoms with E-state index >= 15 is 0 Å². The molecular weight excluding hydrogens is 309 g/mol. The molecule has 0 radical (unpaired) electrons. The summed E-state index contributed by atoms with van der Waals surface area (Å²) in [6.45, 7) is 2.30. The molecule has 0 bridgehead atoms. The van der Waals surface area contributed by atoms with Crippen molar-refractivity contribution in [1.29, 1.82) is 0 Å². The van der Waals surface area contributed by atoms with E-state index in [0.717, 1.165) is 12.0 Å². The van der Waals surface area contributed by atoms with Gasteiger partial charge in [0.05, 0.1) is 20.3 Å². The van der Waals surface area contributed by atoms with Crippen molar-refractivity contribution in [2.75, 3.05) is 20.8 Å². The minimum Gasteiger partial charge on any atom is -0.493 e. The van der Waals surface area contributed by atoms with Gasteiger partial charge in [0.2, 0.25) is 0 Å². The zero-order valence-electron chi connectivity index (χ0n) is 14.3. The topological polar surface area (TPSA) is 50.7 Å². The van der Waals surface area contributed by atoms with Gasteiger partial charge in [0.25, 0.3) is 0 Å². The van der Waals surface area contributed by atoms with Crippen LogP contribution in [0.25, 0.3) is 0 Å². The van der Waals surface area contributed by atoms with Crippen LogP contribution in [0.1, 0.15) is 36.6 Å². The summed E-state index contributed by atoms with van der Waals surface area (Å²) in [5.74, 6) is 0.929. The lowest BCUT2D eigenvalue weighted by molar-refractivity contribution is 0.165. The first-order valence-corrected chi connectivity index (χ1v) is 7.98. The highest BCUT2D eigenvalue weighted by Gasteiger charge is 2.16. The summed E-state index contributed by atoms with van der Waals surface area (Å²) < 4.78 is 24.3. The van der Waals surface area contributed by atoms with E-state index in [-0.39, 0.29) is 12.6 Å². The molecular formula is C19H24FNO3. The van der Waals surface area contributed by atoms with Crippen molar-refractivity contribution in [3.05, 3.63) is 59.4 Å². The Morgan fingerprint density at radius 1 is 1.08 bits per heavy atom. The number of nitrogens with one attached hydrogen (secondary N) is 1. The van der Waals surface area contributed by atoms with Crippen LogP contribution in [0, 0.1) is 5.82 Å². The summed E-state index contributed by atoms with van der Waals surface area (Å²) in [6.07, 6.45) is -0.0835. The number of methoxy groups -OCH3 is 2. The highest BCUT2D eigenvalue weighted by Crippen LogP contribution is 2.31. The molecule has 2 rings (SSSR count). The van der Waals surface area contributed by atoms with E-state index in [1.165, 1.54) is 6.07 Å². The van der Waals surface area contributed by atoms with E-state index in [2.05, 4.69) is 5.32 Å². The van der Waals surface area contributed by atoms with E-state index in [9.17, 15) is 9.50 Å². The van der Waals surface area contributed by atoms with Crippen molar-refractivity contribution in [3.63, 3.8) is 0 Å². The number of benzene rings is 2.